The standard InChI is InChI=1S/C27H41N5O5/c1-3-15-28-25(35)31-18-13-27(14-19-31)24(34)30-22(23(33)32(27)17-4-2)12-8-9-16-29-26(36)37-20-21-10-6-5-7-11-21/h5-7,10-11,22H,3-4,8-9,12-20H2,1-2H3,(H,28,35)(H,29,36)(H,30,34)/t22-/m0/s1. The molecule has 0 aromatic heterocycles. The van der Waals surface area contributed by atoms with E-state index in [9.17, 15) is 19.2 Å². The van der Waals surface area contributed by atoms with E-state index in [1.807, 2.05) is 44.2 Å². The van der Waals surface area contributed by atoms with E-state index in [1.165, 1.54) is 0 Å². The number of carbonyl (C=O) groups is 4. The molecular formula is C27H41N5O5. The molecule has 1 spiro atoms. The summed E-state index contributed by atoms with van der Waals surface area (Å²) in [6, 6.07) is 8.79. The molecule has 37 heavy (non-hydrogen) atoms. The second-order valence-electron chi connectivity index (χ2n) is 9.75. The van der Waals surface area contributed by atoms with Crippen LogP contribution in [-0.4, -0.2) is 78.0 Å². The maximum Gasteiger partial charge on any atom is 0.407 e. The molecular weight excluding hydrogens is 474 g/mol. The van der Waals surface area contributed by atoms with Gasteiger partial charge in [-0.15, -0.1) is 0 Å². The molecule has 2 fully saturated rings. The third kappa shape index (κ3) is 7.36. The molecule has 2 aliphatic rings. The molecule has 0 saturated carbocycles. The summed E-state index contributed by atoms with van der Waals surface area (Å²) in [4.78, 5) is 54.5. The van der Waals surface area contributed by atoms with Gasteiger partial charge in [0.2, 0.25) is 11.8 Å². The minimum absolute atomic E-state index is 0.0550. The van der Waals surface area contributed by atoms with E-state index < -0.39 is 17.7 Å². The zero-order chi connectivity index (χ0) is 26.7. The van der Waals surface area contributed by atoms with Crippen molar-refractivity contribution in [3.05, 3.63) is 35.9 Å². The van der Waals surface area contributed by atoms with Crippen molar-refractivity contribution >= 4 is 23.9 Å². The predicted molar refractivity (Wildman–Crippen MR) is 140 cm³/mol. The predicted octanol–water partition coefficient (Wildman–Crippen LogP) is 2.77. The van der Waals surface area contributed by atoms with E-state index in [-0.39, 0.29) is 24.5 Å². The van der Waals surface area contributed by atoms with Crippen molar-refractivity contribution in [2.24, 2.45) is 0 Å². The van der Waals surface area contributed by atoms with Crippen LogP contribution in [0.3, 0.4) is 0 Å². The molecule has 3 N–H and O–H groups in total. The van der Waals surface area contributed by atoms with Crippen molar-refractivity contribution < 1.29 is 23.9 Å². The first-order valence-corrected chi connectivity index (χ1v) is 13.5. The number of rotatable bonds is 11. The highest BCUT2D eigenvalue weighted by Crippen LogP contribution is 2.34. The maximum absolute atomic E-state index is 13.4. The van der Waals surface area contributed by atoms with Gasteiger partial charge in [-0.25, -0.2) is 9.59 Å². The number of likely N-dealkylation sites (tertiary alicyclic amines) is 1. The van der Waals surface area contributed by atoms with Crippen LogP contribution in [0.15, 0.2) is 30.3 Å². The number of carbonyl (C=O) groups excluding carboxylic acids is 4. The first-order chi connectivity index (χ1) is 17.9. The maximum atomic E-state index is 13.4. The third-order valence-corrected chi connectivity index (χ3v) is 7.06. The lowest BCUT2D eigenvalue weighted by Gasteiger charge is -2.51. The zero-order valence-electron chi connectivity index (χ0n) is 22.1. The SMILES string of the molecule is CCCNC(=O)N1CCC2(CC1)C(=O)N[C@@H](CCCCNC(=O)OCc1ccccc1)C(=O)N2CCC. The van der Waals surface area contributed by atoms with E-state index in [2.05, 4.69) is 16.0 Å². The first kappa shape index (κ1) is 28.3. The topological polar surface area (TPSA) is 120 Å². The number of amides is 5. The fourth-order valence-corrected chi connectivity index (χ4v) is 4.98. The Kier molecular flexibility index (Phi) is 10.6. The van der Waals surface area contributed by atoms with Crippen LogP contribution in [0.1, 0.15) is 64.4 Å². The monoisotopic (exact) mass is 515 g/mol. The normalized spacial score (nSPS) is 18.9. The number of nitrogens with zero attached hydrogens (tertiary/aromatic N) is 2. The molecule has 0 unspecified atom stereocenters. The van der Waals surface area contributed by atoms with E-state index in [0.29, 0.717) is 64.8 Å². The average Bonchev–Trinajstić information content (AvgIpc) is 2.92. The van der Waals surface area contributed by atoms with Gasteiger partial charge >= 0.3 is 12.1 Å². The van der Waals surface area contributed by atoms with Crippen LogP contribution >= 0.6 is 0 Å². The molecule has 2 aliphatic heterocycles. The van der Waals surface area contributed by atoms with Crippen molar-refractivity contribution in [3.63, 3.8) is 0 Å². The number of alkyl carbamates (subject to hydrolysis) is 1. The molecule has 10 nitrogen and oxygen atoms in total. The number of ether oxygens (including phenoxy) is 1. The summed E-state index contributed by atoms with van der Waals surface area (Å²) in [7, 11) is 0. The summed E-state index contributed by atoms with van der Waals surface area (Å²) >= 11 is 0. The van der Waals surface area contributed by atoms with Gasteiger partial charge in [0.1, 0.15) is 18.2 Å². The Labute approximate surface area is 219 Å². The first-order valence-electron chi connectivity index (χ1n) is 13.5. The van der Waals surface area contributed by atoms with Crippen molar-refractivity contribution in [2.45, 2.75) is 77.0 Å². The Bertz CT molecular complexity index is 917. The Morgan fingerprint density at radius 3 is 2.43 bits per heavy atom. The van der Waals surface area contributed by atoms with E-state index >= 15 is 0 Å². The quantitative estimate of drug-likeness (QED) is 0.392. The molecule has 3 rings (SSSR count). The Morgan fingerprint density at radius 2 is 1.76 bits per heavy atom. The highest BCUT2D eigenvalue weighted by Gasteiger charge is 2.53. The van der Waals surface area contributed by atoms with Crippen molar-refractivity contribution in [1.29, 1.82) is 0 Å². The minimum Gasteiger partial charge on any atom is -0.445 e. The second kappa shape index (κ2) is 13.9. The van der Waals surface area contributed by atoms with Crippen LogP contribution in [0.25, 0.3) is 0 Å². The number of nitrogens with one attached hydrogen (secondary N) is 3. The number of benzene rings is 1. The molecule has 2 heterocycles. The molecule has 5 amide bonds. The van der Waals surface area contributed by atoms with Gasteiger partial charge in [-0.1, -0.05) is 44.2 Å². The average molecular weight is 516 g/mol. The van der Waals surface area contributed by atoms with Gasteiger partial charge < -0.3 is 30.5 Å². The zero-order valence-corrected chi connectivity index (χ0v) is 22.1. The summed E-state index contributed by atoms with van der Waals surface area (Å²) in [5, 5.41) is 8.58. The molecule has 0 radical (unpaired) electrons. The van der Waals surface area contributed by atoms with Gasteiger partial charge in [0.15, 0.2) is 0 Å². The van der Waals surface area contributed by atoms with Gasteiger partial charge in [0.05, 0.1) is 0 Å². The van der Waals surface area contributed by atoms with Crippen molar-refractivity contribution in [3.8, 4) is 0 Å². The molecule has 2 saturated heterocycles. The number of urea groups is 1. The van der Waals surface area contributed by atoms with Crippen LogP contribution in [0.2, 0.25) is 0 Å². The van der Waals surface area contributed by atoms with Crippen LogP contribution in [0, 0.1) is 0 Å². The number of hydrogen-bond acceptors (Lipinski definition) is 5. The van der Waals surface area contributed by atoms with Crippen molar-refractivity contribution in [1.82, 2.24) is 25.8 Å². The Morgan fingerprint density at radius 1 is 1.03 bits per heavy atom. The molecule has 1 aromatic rings. The number of piperidine rings is 1. The molecule has 0 aliphatic carbocycles. The summed E-state index contributed by atoms with van der Waals surface area (Å²) < 4.78 is 5.21. The summed E-state index contributed by atoms with van der Waals surface area (Å²) in [6.45, 7) is 6.65. The van der Waals surface area contributed by atoms with Gasteiger partial charge in [0.25, 0.3) is 0 Å². The molecule has 1 atom stereocenters. The van der Waals surface area contributed by atoms with E-state index in [0.717, 1.165) is 18.4 Å². The lowest BCUT2D eigenvalue weighted by atomic mass is 9.81. The van der Waals surface area contributed by atoms with Crippen molar-refractivity contribution in [2.75, 3.05) is 32.7 Å². The van der Waals surface area contributed by atoms with Gasteiger partial charge in [0, 0.05) is 32.7 Å². The van der Waals surface area contributed by atoms with Crippen LogP contribution < -0.4 is 16.0 Å². The summed E-state index contributed by atoms with van der Waals surface area (Å²) in [6.07, 6.45) is 3.86. The van der Waals surface area contributed by atoms with Gasteiger partial charge in [-0.3, -0.25) is 9.59 Å². The fraction of sp³-hybridized carbons (Fsp3) is 0.630. The van der Waals surface area contributed by atoms with Gasteiger partial charge in [-0.2, -0.15) is 0 Å². The minimum atomic E-state index is -0.894. The second-order valence-corrected chi connectivity index (χ2v) is 9.75. The van der Waals surface area contributed by atoms with E-state index in [1.54, 1.807) is 9.80 Å². The highest BCUT2D eigenvalue weighted by molar-refractivity contribution is 6.00. The summed E-state index contributed by atoms with van der Waals surface area (Å²) in [5.41, 5.74) is 0.0268. The molecule has 204 valence electrons. The number of unbranched alkanes of at least 4 members (excludes halogenated alkanes) is 1. The Balaban J connectivity index is 1.44. The van der Waals surface area contributed by atoms with Crippen LogP contribution in [0.4, 0.5) is 9.59 Å². The number of piperazine rings is 1. The lowest BCUT2D eigenvalue weighted by Crippen LogP contribution is -2.73. The molecule has 0 bridgehead atoms. The van der Waals surface area contributed by atoms with E-state index in [4.69, 9.17) is 4.74 Å². The molecule has 10 heteroatoms. The Hall–Kier alpha value is -3.30. The number of hydrogen-bond donors (Lipinski definition) is 3. The van der Waals surface area contributed by atoms with Gasteiger partial charge in [-0.05, 0) is 50.5 Å². The third-order valence-electron chi connectivity index (χ3n) is 7.06. The fourth-order valence-electron chi connectivity index (χ4n) is 4.98. The molecule has 1 aromatic carbocycles. The smallest absolute Gasteiger partial charge is 0.407 e. The lowest BCUT2D eigenvalue weighted by molar-refractivity contribution is -0.161. The highest BCUT2D eigenvalue weighted by atomic mass is 16.5. The largest absolute Gasteiger partial charge is 0.445 e. The van der Waals surface area contributed by atoms with Crippen LogP contribution in [-0.2, 0) is 20.9 Å². The summed E-state index contributed by atoms with van der Waals surface area (Å²) in [5.74, 6) is -0.178. The van der Waals surface area contributed by atoms with Crippen LogP contribution in [0.5, 0.6) is 0 Å².